The van der Waals surface area contributed by atoms with Crippen LogP contribution in [0.15, 0.2) is 0 Å². The monoisotopic (exact) mass is 348 g/mol. The average molecular weight is 349 g/mol. The molecule has 0 heteroatoms. The van der Waals surface area contributed by atoms with Crippen LogP contribution in [0.4, 0.5) is 0 Å². The Kier molecular flexibility index (Phi) is 6.76. The first kappa shape index (κ1) is 21.3. The SMILES string of the molecule is CC(C)C1C(C)CC(C(C)(C)C2CC(C)C(C(C)C)C(C)C2)CC1C. The smallest absolute Gasteiger partial charge is 0.0297 e. The lowest BCUT2D eigenvalue weighted by Crippen LogP contribution is -2.45. The maximum Gasteiger partial charge on any atom is -0.0297 e. The Bertz CT molecular complexity index is 356. The van der Waals surface area contributed by atoms with Gasteiger partial charge < -0.3 is 0 Å². The van der Waals surface area contributed by atoms with Gasteiger partial charge in [0, 0.05) is 0 Å². The molecular weight excluding hydrogens is 300 g/mol. The van der Waals surface area contributed by atoms with Crippen LogP contribution in [-0.2, 0) is 0 Å². The first-order valence-corrected chi connectivity index (χ1v) is 11.5. The van der Waals surface area contributed by atoms with Crippen molar-refractivity contribution in [2.24, 2.45) is 64.6 Å². The Morgan fingerprint density at radius 3 is 1.00 bits per heavy atom. The van der Waals surface area contributed by atoms with Gasteiger partial charge in [-0.2, -0.15) is 0 Å². The standard InChI is InChI=1S/C25H48/c1-15(2)23-17(5)11-21(12-18(23)6)25(9,10)22-13-19(7)24(16(3)4)20(8)14-22/h15-24H,11-14H2,1-10H3. The second-order valence-electron chi connectivity index (χ2n) is 11.7. The van der Waals surface area contributed by atoms with Crippen LogP contribution in [0.3, 0.4) is 0 Å². The van der Waals surface area contributed by atoms with E-state index in [-0.39, 0.29) is 0 Å². The van der Waals surface area contributed by atoms with Gasteiger partial charge in [-0.05, 0) is 90.3 Å². The zero-order valence-electron chi connectivity index (χ0n) is 19.1. The molecule has 148 valence electrons. The van der Waals surface area contributed by atoms with E-state index in [1.165, 1.54) is 25.7 Å². The summed E-state index contributed by atoms with van der Waals surface area (Å²) in [5.41, 5.74) is 0.509. The van der Waals surface area contributed by atoms with E-state index in [9.17, 15) is 0 Å². The molecule has 0 heterocycles. The van der Waals surface area contributed by atoms with Crippen LogP contribution >= 0.6 is 0 Å². The third-order valence-corrected chi connectivity index (χ3v) is 8.90. The van der Waals surface area contributed by atoms with Crippen LogP contribution in [0.25, 0.3) is 0 Å². The zero-order valence-corrected chi connectivity index (χ0v) is 19.1. The quantitative estimate of drug-likeness (QED) is 0.484. The molecule has 2 aliphatic carbocycles. The first-order valence-electron chi connectivity index (χ1n) is 11.5. The molecule has 0 amide bonds. The predicted molar refractivity (Wildman–Crippen MR) is 113 cm³/mol. The van der Waals surface area contributed by atoms with Crippen LogP contribution in [0.2, 0.25) is 0 Å². The van der Waals surface area contributed by atoms with Crippen molar-refractivity contribution in [1.82, 2.24) is 0 Å². The molecule has 0 aromatic heterocycles. The van der Waals surface area contributed by atoms with E-state index in [0.29, 0.717) is 5.41 Å². The van der Waals surface area contributed by atoms with Crippen molar-refractivity contribution in [2.45, 2.75) is 94.9 Å². The van der Waals surface area contributed by atoms with Crippen LogP contribution in [0.1, 0.15) is 94.9 Å². The zero-order chi connectivity index (χ0) is 19.1. The molecule has 0 aromatic rings. The van der Waals surface area contributed by atoms with E-state index >= 15 is 0 Å². The van der Waals surface area contributed by atoms with Gasteiger partial charge in [0.25, 0.3) is 0 Å². The van der Waals surface area contributed by atoms with E-state index in [4.69, 9.17) is 0 Å². The van der Waals surface area contributed by atoms with Gasteiger partial charge in [0.05, 0.1) is 0 Å². The summed E-state index contributed by atoms with van der Waals surface area (Å²) in [6, 6.07) is 0. The Labute approximate surface area is 159 Å². The lowest BCUT2D eigenvalue weighted by Gasteiger charge is -2.53. The molecule has 2 rings (SSSR count). The third kappa shape index (κ3) is 4.30. The summed E-state index contributed by atoms with van der Waals surface area (Å²) in [5.74, 6) is 8.99. The highest BCUT2D eigenvalue weighted by Crippen LogP contribution is 2.55. The van der Waals surface area contributed by atoms with Crippen molar-refractivity contribution in [3.63, 3.8) is 0 Å². The topological polar surface area (TPSA) is 0 Å². The van der Waals surface area contributed by atoms with Crippen molar-refractivity contribution in [2.75, 3.05) is 0 Å². The summed E-state index contributed by atoms with van der Waals surface area (Å²) < 4.78 is 0. The summed E-state index contributed by atoms with van der Waals surface area (Å²) in [4.78, 5) is 0. The van der Waals surface area contributed by atoms with E-state index in [1.54, 1.807) is 0 Å². The lowest BCUT2D eigenvalue weighted by molar-refractivity contribution is -0.0376. The minimum absolute atomic E-state index is 0.509. The summed E-state index contributed by atoms with van der Waals surface area (Å²) in [7, 11) is 0. The minimum Gasteiger partial charge on any atom is -0.0625 e. The Balaban J connectivity index is 2.11. The summed E-state index contributed by atoms with van der Waals surface area (Å²) in [6.45, 7) is 25.2. The number of hydrogen-bond donors (Lipinski definition) is 0. The highest BCUT2D eigenvalue weighted by molar-refractivity contribution is 4.96. The van der Waals surface area contributed by atoms with Crippen LogP contribution in [0.5, 0.6) is 0 Å². The molecule has 0 bridgehead atoms. The molecule has 0 aromatic carbocycles. The average Bonchev–Trinajstić information content (AvgIpc) is 2.44. The molecule has 0 N–H and O–H groups in total. The fourth-order valence-electron chi connectivity index (χ4n) is 7.91. The van der Waals surface area contributed by atoms with Gasteiger partial charge in [-0.15, -0.1) is 0 Å². The van der Waals surface area contributed by atoms with E-state index < -0.39 is 0 Å². The second-order valence-corrected chi connectivity index (χ2v) is 11.7. The largest absolute Gasteiger partial charge is 0.0625 e. The highest BCUT2D eigenvalue weighted by Gasteiger charge is 2.47. The molecule has 0 aliphatic heterocycles. The van der Waals surface area contributed by atoms with Gasteiger partial charge in [-0.25, -0.2) is 0 Å². The summed E-state index contributed by atoms with van der Waals surface area (Å²) >= 11 is 0. The molecule has 2 fully saturated rings. The molecule has 2 aliphatic rings. The van der Waals surface area contributed by atoms with Gasteiger partial charge in [-0.3, -0.25) is 0 Å². The van der Waals surface area contributed by atoms with Crippen molar-refractivity contribution in [3.8, 4) is 0 Å². The second kappa shape index (κ2) is 7.93. The molecule has 0 saturated heterocycles. The lowest BCUT2D eigenvalue weighted by atomic mass is 9.52. The van der Waals surface area contributed by atoms with Gasteiger partial charge in [0.2, 0.25) is 0 Å². The van der Waals surface area contributed by atoms with Crippen molar-refractivity contribution < 1.29 is 0 Å². The van der Waals surface area contributed by atoms with E-state index in [2.05, 4.69) is 69.2 Å². The van der Waals surface area contributed by atoms with Crippen molar-refractivity contribution >= 4 is 0 Å². The molecular formula is C25H48. The van der Waals surface area contributed by atoms with E-state index in [1.807, 2.05) is 0 Å². The first-order chi connectivity index (χ1) is 11.5. The highest BCUT2D eigenvalue weighted by atomic mass is 14.5. The Morgan fingerprint density at radius 2 is 0.800 bits per heavy atom. The molecule has 4 unspecified atom stereocenters. The van der Waals surface area contributed by atoms with Crippen LogP contribution < -0.4 is 0 Å². The molecule has 25 heavy (non-hydrogen) atoms. The van der Waals surface area contributed by atoms with Gasteiger partial charge in [-0.1, -0.05) is 69.2 Å². The number of rotatable bonds is 4. The molecule has 0 radical (unpaired) electrons. The van der Waals surface area contributed by atoms with Crippen molar-refractivity contribution in [3.05, 3.63) is 0 Å². The predicted octanol–water partition coefficient (Wildman–Crippen LogP) is 7.92. The van der Waals surface area contributed by atoms with Crippen molar-refractivity contribution in [1.29, 1.82) is 0 Å². The molecule has 0 spiro atoms. The number of hydrogen-bond acceptors (Lipinski definition) is 0. The minimum atomic E-state index is 0.509. The molecule has 4 atom stereocenters. The summed E-state index contributed by atoms with van der Waals surface area (Å²) in [6.07, 6.45) is 5.86. The summed E-state index contributed by atoms with van der Waals surface area (Å²) in [5, 5.41) is 0. The normalized spacial score (nSPS) is 43.7. The van der Waals surface area contributed by atoms with Gasteiger partial charge >= 0.3 is 0 Å². The van der Waals surface area contributed by atoms with Gasteiger partial charge in [0.1, 0.15) is 0 Å². The maximum atomic E-state index is 2.63. The Hall–Kier alpha value is 0. The fraction of sp³-hybridized carbons (Fsp3) is 1.00. The van der Waals surface area contributed by atoms with E-state index in [0.717, 1.165) is 59.2 Å². The van der Waals surface area contributed by atoms with Crippen LogP contribution in [0, 0.1) is 64.6 Å². The van der Waals surface area contributed by atoms with Crippen LogP contribution in [-0.4, -0.2) is 0 Å². The fourth-order valence-corrected chi connectivity index (χ4v) is 7.91. The Morgan fingerprint density at radius 1 is 0.560 bits per heavy atom. The third-order valence-electron chi connectivity index (χ3n) is 8.90. The molecule has 0 nitrogen and oxygen atoms in total. The molecule has 2 saturated carbocycles. The maximum absolute atomic E-state index is 2.63. The van der Waals surface area contributed by atoms with Gasteiger partial charge in [0.15, 0.2) is 0 Å².